The van der Waals surface area contributed by atoms with Crippen LogP contribution >= 0.6 is 0 Å². The Morgan fingerprint density at radius 2 is 1.71 bits per heavy atom. The summed E-state index contributed by atoms with van der Waals surface area (Å²) in [4.78, 5) is 41.5. The molecule has 0 radical (unpaired) electrons. The standard InChI is InChI=1S/C25H18F2N4O3/c1-15(32)30-12-24(33)31-13-19(8-16-3-5-21(26)18(7-16)11-28)25(34)20(14-31)9-17-4-6-22(27)23(10-17)29-2/h3-10H,12-14H2,1H3,(H,30,32)/b19-8+,20-9+. The van der Waals surface area contributed by atoms with Crippen molar-refractivity contribution in [2.24, 2.45) is 0 Å². The summed E-state index contributed by atoms with van der Waals surface area (Å²) in [5, 5.41) is 11.5. The van der Waals surface area contributed by atoms with Gasteiger partial charge in [-0.15, -0.1) is 0 Å². The molecule has 0 aromatic heterocycles. The van der Waals surface area contributed by atoms with Gasteiger partial charge in [-0.25, -0.2) is 13.6 Å². The number of rotatable bonds is 4. The maximum Gasteiger partial charge on any atom is 0.242 e. The molecule has 1 aliphatic heterocycles. The van der Waals surface area contributed by atoms with E-state index < -0.39 is 17.5 Å². The number of Topliss-reactive ketones (excluding diaryl/α,β-unsaturated/α-hetero) is 1. The average molecular weight is 460 g/mol. The van der Waals surface area contributed by atoms with Crippen LogP contribution in [0.25, 0.3) is 17.0 Å². The van der Waals surface area contributed by atoms with E-state index in [1.54, 1.807) is 6.07 Å². The number of likely N-dealkylation sites (tertiary alicyclic amines) is 1. The van der Waals surface area contributed by atoms with Crippen molar-refractivity contribution in [2.75, 3.05) is 19.6 Å². The van der Waals surface area contributed by atoms with Crippen molar-refractivity contribution in [3.05, 3.63) is 87.3 Å². The Balaban J connectivity index is 2.02. The van der Waals surface area contributed by atoms with E-state index in [4.69, 9.17) is 11.8 Å². The van der Waals surface area contributed by atoms with Crippen LogP contribution < -0.4 is 5.32 Å². The van der Waals surface area contributed by atoms with Crippen LogP contribution in [-0.2, 0) is 14.4 Å². The molecule has 2 aromatic rings. The van der Waals surface area contributed by atoms with Gasteiger partial charge in [-0.3, -0.25) is 14.4 Å². The summed E-state index contributed by atoms with van der Waals surface area (Å²) in [5.41, 5.74) is 0.816. The molecular weight excluding hydrogens is 442 g/mol. The molecule has 1 aliphatic rings. The number of benzene rings is 2. The first-order valence-corrected chi connectivity index (χ1v) is 10.1. The van der Waals surface area contributed by atoms with Crippen molar-refractivity contribution in [2.45, 2.75) is 6.92 Å². The summed E-state index contributed by atoms with van der Waals surface area (Å²) in [6, 6.07) is 9.36. The van der Waals surface area contributed by atoms with Crippen molar-refractivity contribution in [1.29, 1.82) is 5.26 Å². The molecule has 0 saturated carbocycles. The number of nitrogens with one attached hydrogen (secondary N) is 1. The highest BCUT2D eigenvalue weighted by Gasteiger charge is 2.29. The predicted octanol–water partition coefficient (Wildman–Crippen LogP) is 3.40. The van der Waals surface area contributed by atoms with Gasteiger partial charge in [-0.05, 0) is 47.5 Å². The molecule has 1 saturated heterocycles. The normalized spacial score (nSPS) is 15.7. The topological polar surface area (TPSA) is 94.6 Å². The lowest BCUT2D eigenvalue weighted by Crippen LogP contribution is -2.45. The van der Waals surface area contributed by atoms with Gasteiger partial charge in [0.15, 0.2) is 5.78 Å². The van der Waals surface area contributed by atoms with E-state index in [1.165, 1.54) is 48.2 Å². The molecular formula is C25H18F2N4O3. The van der Waals surface area contributed by atoms with Crippen molar-refractivity contribution < 1.29 is 23.2 Å². The largest absolute Gasteiger partial charge is 0.347 e. The van der Waals surface area contributed by atoms with Gasteiger partial charge in [0, 0.05) is 31.2 Å². The number of amides is 2. The minimum atomic E-state index is -0.695. The maximum atomic E-state index is 13.7. The summed E-state index contributed by atoms with van der Waals surface area (Å²) < 4.78 is 27.4. The summed E-state index contributed by atoms with van der Waals surface area (Å²) in [7, 11) is 0. The van der Waals surface area contributed by atoms with E-state index in [1.807, 2.05) is 0 Å². The van der Waals surface area contributed by atoms with Crippen molar-refractivity contribution in [3.63, 3.8) is 0 Å². The van der Waals surface area contributed by atoms with E-state index in [9.17, 15) is 23.2 Å². The molecule has 0 unspecified atom stereocenters. The van der Waals surface area contributed by atoms with Crippen LogP contribution in [-0.4, -0.2) is 42.1 Å². The van der Waals surface area contributed by atoms with E-state index in [0.29, 0.717) is 11.1 Å². The second kappa shape index (κ2) is 10.3. The van der Waals surface area contributed by atoms with Gasteiger partial charge in [0.25, 0.3) is 0 Å². The maximum absolute atomic E-state index is 13.7. The Kier molecular flexibility index (Phi) is 7.29. The molecule has 0 spiro atoms. The highest BCUT2D eigenvalue weighted by Crippen LogP contribution is 2.25. The zero-order chi connectivity index (χ0) is 24.8. The predicted molar refractivity (Wildman–Crippen MR) is 120 cm³/mol. The fourth-order valence-corrected chi connectivity index (χ4v) is 3.35. The number of nitrogens with zero attached hydrogens (tertiary/aromatic N) is 3. The second-order valence-corrected chi connectivity index (χ2v) is 7.50. The summed E-state index contributed by atoms with van der Waals surface area (Å²) in [6.07, 6.45) is 2.93. The van der Waals surface area contributed by atoms with Crippen molar-refractivity contribution in [1.82, 2.24) is 10.2 Å². The van der Waals surface area contributed by atoms with Gasteiger partial charge < -0.3 is 10.2 Å². The number of halogens is 2. The fraction of sp³-hybridized carbons (Fsp3) is 0.160. The smallest absolute Gasteiger partial charge is 0.242 e. The molecule has 9 heteroatoms. The van der Waals surface area contributed by atoms with Crippen LogP contribution in [0.15, 0.2) is 47.5 Å². The molecule has 0 atom stereocenters. The van der Waals surface area contributed by atoms with Gasteiger partial charge in [0.2, 0.25) is 17.5 Å². The van der Waals surface area contributed by atoms with E-state index in [2.05, 4.69) is 10.2 Å². The number of ketones is 1. The number of carbonyl (C=O) groups is 3. The molecule has 2 amide bonds. The van der Waals surface area contributed by atoms with Gasteiger partial charge in [0.1, 0.15) is 17.7 Å². The molecule has 1 fully saturated rings. The minimum Gasteiger partial charge on any atom is -0.347 e. The molecule has 1 heterocycles. The third-order valence-electron chi connectivity index (χ3n) is 5.03. The highest BCUT2D eigenvalue weighted by atomic mass is 19.1. The molecule has 170 valence electrons. The van der Waals surface area contributed by atoms with Gasteiger partial charge in [0.05, 0.1) is 18.7 Å². The lowest BCUT2D eigenvalue weighted by Gasteiger charge is -2.30. The van der Waals surface area contributed by atoms with E-state index >= 15 is 0 Å². The first-order chi connectivity index (χ1) is 16.2. The van der Waals surface area contributed by atoms with Crippen LogP contribution in [0.3, 0.4) is 0 Å². The Hall–Kier alpha value is -4.63. The Bertz CT molecular complexity index is 1250. The molecule has 7 nitrogen and oxygen atoms in total. The lowest BCUT2D eigenvalue weighted by atomic mass is 9.93. The Morgan fingerprint density at radius 3 is 2.26 bits per heavy atom. The monoisotopic (exact) mass is 460 g/mol. The van der Waals surface area contributed by atoms with Crippen LogP contribution in [0.2, 0.25) is 0 Å². The molecule has 1 N–H and O–H groups in total. The van der Waals surface area contributed by atoms with Crippen molar-refractivity contribution >= 4 is 35.4 Å². The Labute approximate surface area is 194 Å². The van der Waals surface area contributed by atoms with Crippen LogP contribution in [0, 0.1) is 29.5 Å². The fourth-order valence-electron chi connectivity index (χ4n) is 3.35. The summed E-state index contributed by atoms with van der Waals surface area (Å²) in [6.45, 7) is 7.94. The van der Waals surface area contributed by atoms with Gasteiger partial charge >= 0.3 is 0 Å². The molecule has 0 bridgehead atoms. The number of nitriles is 1. The first kappa shape index (κ1) is 24.0. The van der Waals surface area contributed by atoms with E-state index in [-0.39, 0.29) is 53.7 Å². The minimum absolute atomic E-state index is 0.0633. The van der Waals surface area contributed by atoms with Crippen molar-refractivity contribution in [3.8, 4) is 6.07 Å². The number of hydrogen-bond acceptors (Lipinski definition) is 4. The molecule has 0 aliphatic carbocycles. The summed E-state index contributed by atoms with van der Waals surface area (Å²) in [5.74, 6) is -2.60. The number of carbonyl (C=O) groups excluding carboxylic acids is 3. The van der Waals surface area contributed by atoms with Gasteiger partial charge in [-0.1, -0.05) is 12.1 Å². The van der Waals surface area contributed by atoms with Crippen LogP contribution in [0.5, 0.6) is 0 Å². The highest BCUT2D eigenvalue weighted by molar-refractivity contribution is 6.15. The summed E-state index contributed by atoms with van der Waals surface area (Å²) >= 11 is 0. The zero-order valence-electron chi connectivity index (χ0n) is 18.1. The van der Waals surface area contributed by atoms with Gasteiger partial charge in [-0.2, -0.15) is 5.26 Å². The quantitative estimate of drug-likeness (QED) is 0.559. The third kappa shape index (κ3) is 5.59. The van der Waals surface area contributed by atoms with Crippen LogP contribution in [0.4, 0.5) is 14.5 Å². The first-order valence-electron chi connectivity index (χ1n) is 10.1. The number of hydrogen-bond donors (Lipinski definition) is 1. The zero-order valence-corrected chi connectivity index (χ0v) is 18.1. The molecule has 3 rings (SSSR count). The SMILES string of the molecule is [C-]#[N+]c1cc(/C=C2\CN(C(=O)CNC(C)=O)C/C(=C\c3ccc(F)c(C#N)c3)C2=O)ccc1F. The Morgan fingerprint density at radius 1 is 1.12 bits per heavy atom. The number of piperidine rings is 1. The van der Waals surface area contributed by atoms with Crippen LogP contribution in [0.1, 0.15) is 23.6 Å². The average Bonchev–Trinajstić information content (AvgIpc) is 2.82. The third-order valence-corrected chi connectivity index (χ3v) is 5.03. The molecule has 2 aromatic carbocycles. The second-order valence-electron chi connectivity index (χ2n) is 7.50. The molecule has 34 heavy (non-hydrogen) atoms. The van der Waals surface area contributed by atoms with E-state index in [0.717, 1.165) is 12.1 Å². The lowest BCUT2D eigenvalue weighted by molar-refractivity contribution is -0.132.